The van der Waals surface area contributed by atoms with Crippen molar-refractivity contribution in [3.8, 4) is 0 Å². The van der Waals surface area contributed by atoms with Crippen LogP contribution in [0.4, 0.5) is 0 Å². The van der Waals surface area contributed by atoms with Crippen LogP contribution >= 0.6 is 0 Å². The number of allylic oxidation sites excluding steroid dienone is 1. The molecule has 0 radical (unpaired) electrons. The Bertz CT molecular complexity index is 1080. The maximum atomic E-state index is 13.3. The number of carbonyl (C=O) groups excluding carboxylic acids is 2. The van der Waals surface area contributed by atoms with E-state index in [1.165, 1.54) is 20.3 Å². The Morgan fingerprint density at radius 3 is 2.15 bits per heavy atom. The molecule has 0 aromatic heterocycles. The molecule has 48 heavy (non-hydrogen) atoms. The Morgan fingerprint density at radius 2 is 1.50 bits per heavy atom. The Kier molecular flexibility index (Phi) is 16.1. The first kappa shape index (κ1) is 40.7. The summed E-state index contributed by atoms with van der Waals surface area (Å²) < 4.78 is 47.0. The van der Waals surface area contributed by atoms with E-state index in [2.05, 4.69) is 0 Å². The van der Waals surface area contributed by atoms with Crippen LogP contribution in [-0.4, -0.2) is 117 Å². The van der Waals surface area contributed by atoms with E-state index < -0.39 is 67.4 Å². The van der Waals surface area contributed by atoms with Gasteiger partial charge in [0.1, 0.15) is 36.3 Å². The van der Waals surface area contributed by atoms with Crippen molar-refractivity contribution in [1.29, 1.82) is 0 Å². The highest BCUT2D eigenvalue weighted by Crippen LogP contribution is 2.32. The number of esters is 1. The number of hydrogen-bond donors (Lipinski definition) is 2. The van der Waals surface area contributed by atoms with E-state index in [-0.39, 0.29) is 42.2 Å². The van der Waals surface area contributed by atoms with E-state index in [9.17, 15) is 19.8 Å². The van der Waals surface area contributed by atoms with Gasteiger partial charge in [-0.15, -0.1) is 0 Å². The molecule has 3 aliphatic heterocycles. The average molecular weight is 685 g/mol. The third kappa shape index (κ3) is 10.9. The number of rotatable bonds is 8. The molecule has 276 valence electrons. The lowest BCUT2D eigenvalue weighted by molar-refractivity contribution is -0.304. The molecule has 0 spiro atoms. The van der Waals surface area contributed by atoms with Crippen molar-refractivity contribution in [2.24, 2.45) is 23.7 Å². The molecular formula is C36H60O12. The minimum absolute atomic E-state index is 0.0990. The molecule has 1 unspecified atom stereocenters. The Balaban J connectivity index is 1.82. The second-order valence-corrected chi connectivity index (χ2v) is 14.0. The molecule has 0 saturated carbocycles. The molecule has 15 atom stereocenters. The van der Waals surface area contributed by atoms with Crippen molar-refractivity contribution in [3.63, 3.8) is 0 Å². The number of methoxy groups -OCH3 is 3. The minimum atomic E-state index is -0.986. The van der Waals surface area contributed by atoms with Crippen molar-refractivity contribution in [3.05, 3.63) is 23.8 Å². The predicted molar refractivity (Wildman–Crippen MR) is 177 cm³/mol. The third-order valence-corrected chi connectivity index (χ3v) is 10.00. The van der Waals surface area contributed by atoms with Crippen molar-refractivity contribution in [2.45, 2.75) is 142 Å². The molecule has 0 amide bonds. The molecule has 12 nitrogen and oxygen atoms in total. The van der Waals surface area contributed by atoms with Gasteiger partial charge in [-0.25, -0.2) is 4.79 Å². The first-order chi connectivity index (χ1) is 22.7. The number of hydrogen-bond acceptors (Lipinski definition) is 12. The zero-order chi connectivity index (χ0) is 35.7. The molecule has 3 heterocycles. The van der Waals surface area contributed by atoms with E-state index in [1.54, 1.807) is 27.0 Å². The summed E-state index contributed by atoms with van der Waals surface area (Å²) in [4.78, 5) is 26.5. The number of aliphatic hydroxyl groups is 2. The summed E-state index contributed by atoms with van der Waals surface area (Å²) in [5.41, 5.74) is 0.967. The smallest absolute Gasteiger partial charge is 0.330 e. The SMILES string of the molecule is CO[C@@H]1[C@H](O)[C@@H](C)O[C@@H](OC[C@H]2/C=C(/C)CCC(=O)[C@H](C)C[C@H](C)C(O[C@@H]3O[C@H](C)C[C@H](OC)[C@H]3O)[C@@H](C)/C=C/C(=O)O[C@@H]2C)[C@@H]1OC. The first-order valence-electron chi connectivity index (χ1n) is 17.3. The van der Waals surface area contributed by atoms with Crippen LogP contribution in [-0.2, 0) is 47.5 Å². The molecule has 3 aliphatic rings. The van der Waals surface area contributed by atoms with E-state index in [0.717, 1.165) is 5.57 Å². The first-order valence-corrected chi connectivity index (χ1v) is 17.3. The van der Waals surface area contributed by atoms with E-state index in [4.69, 9.17) is 37.9 Å². The highest BCUT2D eigenvalue weighted by molar-refractivity contribution is 5.82. The largest absolute Gasteiger partial charge is 0.459 e. The highest BCUT2D eigenvalue weighted by atomic mass is 16.7. The number of Topliss-reactive ketones (excluding diaryl/α,β-unsaturated/α-hetero) is 1. The minimum Gasteiger partial charge on any atom is -0.459 e. The summed E-state index contributed by atoms with van der Waals surface area (Å²) in [6.07, 6.45) is -0.0546. The number of carbonyl (C=O) groups is 2. The van der Waals surface area contributed by atoms with Crippen LogP contribution in [0.2, 0.25) is 0 Å². The van der Waals surface area contributed by atoms with Crippen LogP contribution in [0.15, 0.2) is 23.8 Å². The van der Waals surface area contributed by atoms with Gasteiger partial charge in [-0.2, -0.15) is 0 Å². The van der Waals surface area contributed by atoms with E-state index >= 15 is 0 Å². The normalized spacial score (nSPS) is 44.4. The van der Waals surface area contributed by atoms with Crippen molar-refractivity contribution < 1.29 is 57.7 Å². The topological polar surface area (TPSA) is 148 Å². The molecule has 0 aromatic carbocycles. The monoisotopic (exact) mass is 684 g/mol. The van der Waals surface area contributed by atoms with Crippen LogP contribution in [0.5, 0.6) is 0 Å². The standard InChI is InChI=1S/C36H60O12/c1-19-11-13-27(37)21(3)16-22(4)32(48-35-31(40)28(41-8)17-23(5)45-35)20(2)12-14-29(38)46-24(6)26(15-19)18-44-36-34(43-10)33(42-9)30(39)25(7)47-36/h12,14-15,20-26,28,30-36,39-40H,11,13,16-18H2,1-10H3/b14-12+,19-15-/t20-,21+,22-,23+,24+,25+,26+,28-,30+,31+,32?,33+,34+,35-,36+/m0/s1. The fraction of sp³-hybridized carbons (Fsp3) is 0.833. The highest BCUT2D eigenvalue weighted by Gasteiger charge is 2.45. The van der Waals surface area contributed by atoms with E-state index in [1.807, 2.05) is 40.7 Å². The number of aliphatic hydroxyl groups excluding tert-OH is 2. The van der Waals surface area contributed by atoms with Gasteiger partial charge in [0.15, 0.2) is 12.6 Å². The maximum absolute atomic E-state index is 13.3. The molecular weight excluding hydrogens is 624 g/mol. The Morgan fingerprint density at radius 1 is 0.812 bits per heavy atom. The number of ether oxygens (including phenoxy) is 8. The Hall–Kier alpha value is -1.74. The Labute approximate surface area is 286 Å². The van der Waals surface area contributed by atoms with Gasteiger partial charge >= 0.3 is 5.97 Å². The molecule has 0 aliphatic carbocycles. The fourth-order valence-corrected chi connectivity index (χ4v) is 6.94. The van der Waals surface area contributed by atoms with Gasteiger partial charge in [-0.3, -0.25) is 4.79 Å². The van der Waals surface area contributed by atoms with Crippen LogP contribution in [0.1, 0.15) is 74.1 Å². The average Bonchev–Trinajstić information content (AvgIpc) is 3.04. The fourth-order valence-electron chi connectivity index (χ4n) is 6.94. The maximum Gasteiger partial charge on any atom is 0.330 e. The second kappa shape index (κ2) is 19.0. The molecule has 2 fully saturated rings. The lowest BCUT2D eigenvalue weighted by Crippen LogP contribution is -2.59. The number of ketones is 1. The van der Waals surface area contributed by atoms with Gasteiger partial charge < -0.3 is 48.1 Å². The second-order valence-electron chi connectivity index (χ2n) is 14.0. The molecule has 12 heteroatoms. The molecule has 0 aromatic rings. The van der Waals surface area contributed by atoms with Crippen LogP contribution in [0.3, 0.4) is 0 Å². The molecule has 2 saturated heterocycles. The third-order valence-electron chi connectivity index (χ3n) is 10.00. The van der Waals surface area contributed by atoms with Gasteiger partial charge in [0.05, 0.1) is 31.0 Å². The van der Waals surface area contributed by atoms with Gasteiger partial charge in [0.2, 0.25) is 0 Å². The summed E-state index contributed by atoms with van der Waals surface area (Å²) in [5, 5.41) is 21.5. The van der Waals surface area contributed by atoms with Crippen molar-refractivity contribution >= 4 is 11.8 Å². The van der Waals surface area contributed by atoms with Gasteiger partial charge in [-0.1, -0.05) is 38.5 Å². The van der Waals surface area contributed by atoms with Gasteiger partial charge in [0.25, 0.3) is 0 Å². The summed E-state index contributed by atoms with van der Waals surface area (Å²) in [7, 11) is 4.56. The summed E-state index contributed by atoms with van der Waals surface area (Å²) >= 11 is 0. The van der Waals surface area contributed by atoms with Crippen molar-refractivity contribution in [1.82, 2.24) is 0 Å². The molecule has 0 bridgehead atoms. The summed E-state index contributed by atoms with van der Waals surface area (Å²) in [6.45, 7) is 13.4. The quantitative estimate of drug-likeness (QED) is 0.283. The van der Waals surface area contributed by atoms with Crippen molar-refractivity contribution in [2.75, 3.05) is 27.9 Å². The summed E-state index contributed by atoms with van der Waals surface area (Å²) in [5.74, 6) is -1.36. The lowest BCUT2D eigenvalue weighted by atomic mass is 9.84. The molecule has 3 rings (SSSR count). The predicted octanol–water partition coefficient (Wildman–Crippen LogP) is 3.75. The van der Waals surface area contributed by atoms with E-state index in [0.29, 0.717) is 25.7 Å². The molecule has 2 N–H and O–H groups in total. The van der Waals surface area contributed by atoms with Crippen LogP contribution in [0.25, 0.3) is 0 Å². The number of cyclic esters (lactones) is 1. The lowest BCUT2D eigenvalue weighted by Gasteiger charge is -2.42. The summed E-state index contributed by atoms with van der Waals surface area (Å²) in [6, 6.07) is 0. The van der Waals surface area contributed by atoms with Gasteiger partial charge in [0, 0.05) is 58.0 Å². The van der Waals surface area contributed by atoms with Crippen LogP contribution < -0.4 is 0 Å². The zero-order valence-corrected chi connectivity index (χ0v) is 30.4. The zero-order valence-electron chi connectivity index (χ0n) is 30.4. The van der Waals surface area contributed by atoms with Gasteiger partial charge in [-0.05, 0) is 46.5 Å². The van der Waals surface area contributed by atoms with Crippen LogP contribution in [0, 0.1) is 23.7 Å².